The molecule has 5 heteroatoms. The Morgan fingerprint density at radius 1 is 0.828 bits per heavy atom. The minimum absolute atomic E-state index is 0.194. The second-order valence-electron chi connectivity index (χ2n) is 7.60. The van der Waals surface area contributed by atoms with Crippen LogP contribution in [0.5, 0.6) is 0 Å². The van der Waals surface area contributed by atoms with E-state index in [1.165, 1.54) is 0 Å². The monoisotopic (exact) mass is 399 g/mol. The highest BCUT2D eigenvalue weighted by atomic mass is 16.4. The molecule has 0 aliphatic heterocycles. The SMILES string of the molecule is O=C(CCCCCCCCCCO)NC(Cc1cccc2ccccc12)C(=O)O. The van der Waals surface area contributed by atoms with Crippen molar-refractivity contribution in [3.05, 3.63) is 48.0 Å². The Hall–Kier alpha value is -2.40. The number of carbonyl (C=O) groups is 2. The van der Waals surface area contributed by atoms with Gasteiger partial charge in [0.1, 0.15) is 6.04 Å². The van der Waals surface area contributed by atoms with Crippen LogP contribution in [0, 0.1) is 0 Å². The molecule has 2 rings (SSSR count). The van der Waals surface area contributed by atoms with Crippen LogP contribution in [-0.4, -0.2) is 34.7 Å². The molecule has 2 aromatic rings. The molecule has 0 radical (unpaired) electrons. The molecule has 0 bridgehead atoms. The molecule has 0 aliphatic carbocycles. The zero-order chi connectivity index (χ0) is 20.9. The number of fused-ring (bicyclic) bond motifs is 1. The smallest absolute Gasteiger partial charge is 0.326 e. The zero-order valence-electron chi connectivity index (χ0n) is 17.1. The summed E-state index contributed by atoms with van der Waals surface area (Å²) in [5.41, 5.74) is 0.928. The van der Waals surface area contributed by atoms with E-state index in [2.05, 4.69) is 5.32 Å². The number of carboxylic acids is 1. The Labute approximate surface area is 173 Å². The van der Waals surface area contributed by atoms with Gasteiger partial charge in [0.05, 0.1) is 0 Å². The predicted octanol–water partition coefficient (Wildman–Crippen LogP) is 4.45. The number of aliphatic carboxylic acids is 1. The number of hydrogen-bond acceptors (Lipinski definition) is 3. The van der Waals surface area contributed by atoms with Crippen molar-refractivity contribution in [3.63, 3.8) is 0 Å². The summed E-state index contributed by atoms with van der Waals surface area (Å²) in [6.45, 7) is 0.271. The van der Waals surface area contributed by atoms with Gasteiger partial charge in [-0.15, -0.1) is 0 Å². The van der Waals surface area contributed by atoms with Crippen LogP contribution >= 0.6 is 0 Å². The van der Waals surface area contributed by atoms with Crippen LogP contribution in [-0.2, 0) is 16.0 Å². The molecule has 1 unspecified atom stereocenters. The lowest BCUT2D eigenvalue weighted by Gasteiger charge is -2.16. The van der Waals surface area contributed by atoms with Crippen LogP contribution in [0.15, 0.2) is 42.5 Å². The summed E-state index contributed by atoms with van der Waals surface area (Å²) in [6.07, 6.45) is 8.90. The van der Waals surface area contributed by atoms with E-state index in [0.29, 0.717) is 6.42 Å². The van der Waals surface area contributed by atoms with Crippen molar-refractivity contribution in [2.24, 2.45) is 0 Å². The summed E-state index contributed by atoms with van der Waals surface area (Å²) in [4.78, 5) is 23.9. The van der Waals surface area contributed by atoms with Crippen molar-refractivity contribution in [1.29, 1.82) is 0 Å². The van der Waals surface area contributed by atoms with Crippen molar-refractivity contribution in [1.82, 2.24) is 5.32 Å². The van der Waals surface area contributed by atoms with Crippen molar-refractivity contribution >= 4 is 22.6 Å². The number of hydrogen-bond donors (Lipinski definition) is 3. The molecule has 0 aliphatic rings. The van der Waals surface area contributed by atoms with Crippen LogP contribution in [0.1, 0.15) is 63.4 Å². The van der Waals surface area contributed by atoms with Gasteiger partial charge in [-0.1, -0.05) is 81.0 Å². The number of rotatable bonds is 14. The van der Waals surface area contributed by atoms with Crippen molar-refractivity contribution < 1.29 is 19.8 Å². The third-order valence-corrected chi connectivity index (χ3v) is 5.25. The number of amides is 1. The molecule has 158 valence electrons. The number of carbonyl (C=O) groups excluding carboxylic acids is 1. The molecule has 1 amide bonds. The summed E-state index contributed by atoms with van der Waals surface area (Å²) in [5, 5.41) is 23.1. The summed E-state index contributed by atoms with van der Waals surface area (Å²) >= 11 is 0. The van der Waals surface area contributed by atoms with Crippen LogP contribution in [0.2, 0.25) is 0 Å². The molecule has 2 aromatic carbocycles. The van der Waals surface area contributed by atoms with Gasteiger partial charge >= 0.3 is 5.97 Å². The van der Waals surface area contributed by atoms with E-state index in [1.807, 2.05) is 42.5 Å². The number of unbranched alkanes of at least 4 members (excludes halogenated alkanes) is 7. The second-order valence-corrected chi connectivity index (χ2v) is 7.60. The summed E-state index contributed by atoms with van der Waals surface area (Å²) in [6, 6.07) is 12.8. The molecule has 3 N–H and O–H groups in total. The van der Waals surface area contributed by atoms with Crippen molar-refractivity contribution in [2.45, 2.75) is 70.3 Å². The van der Waals surface area contributed by atoms with Crippen LogP contribution in [0.4, 0.5) is 0 Å². The molecule has 0 spiro atoms. The third kappa shape index (κ3) is 8.24. The average molecular weight is 400 g/mol. The number of nitrogens with one attached hydrogen (secondary N) is 1. The summed E-state index contributed by atoms with van der Waals surface area (Å²) in [5.74, 6) is -1.20. The number of benzene rings is 2. The highest BCUT2D eigenvalue weighted by Crippen LogP contribution is 2.20. The van der Waals surface area contributed by atoms with Gasteiger partial charge in [0.2, 0.25) is 5.91 Å². The lowest BCUT2D eigenvalue weighted by molar-refractivity contribution is -0.141. The molecule has 0 heterocycles. The van der Waals surface area contributed by atoms with Gasteiger partial charge in [0, 0.05) is 19.4 Å². The van der Waals surface area contributed by atoms with Gasteiger partial charge in [-0.05, 0) is 29.2 Å². The Morgan fingerprint density at radius 2 is 1.45 bits per heavy atom. The summed E-state index contributed by atoms with van der Waals surface area (Å²) in [7, 11) is 0. The fourth-order valence-corrected chi connectivity index (χ4v) is 3.61. The van der Waals surface area contributed by atoms with E-state index in [-0.39, 0.29) is 18.9 Å². The fourth-order valence-electron chi connectivity index (χ4n) is 3.61. The minimum atomic E-state index is -1.01. The Morgan fingerprint density at radius 3 is 2.14 bits per heavy atom. The van der Waals surface area contributed by atoms with Crippen molar-refractivity contribution in [2.75, 3.05) is 6.61 Å². The molecule has 0 saturated heterocycles. The summed E-state index contributed by atoms with van der Waals surface area (Å²) < 4.78 is 0. The van der Waals surface area contributed by atoms with Gasteiger partial charge in [-0.2, -0.15) is 0 Å². The van der Waals surface area contributed by atoms with E-state index in [0.717, 1.165) is 67.7 Å². The first-order valence-electron chi connectivity index (χ1n) is 10.7. The maximum absolute atomic E-state index is 12.2. The van der Waals surface area contributed by atoms with Gasteiger partial charge in [0.15, 0.2) is 0 Å². The number of aliphatic hydroxyl groups is 1. The largest absolute Gasteiger partial charge is 0.480 e. The van der Waals surface area contributed by atoms with Crippen LogP contribution in [0.3, 0.4) is 0 Å². The average Bonchev–Trinajstić information content (AvgIpc) is 2.72. The van der Waals surface area contributed by atoms with E-state index in [9.17, 15) is 14.7 Å². The third-order valence-electron chi connectivity index (χ3n) is 5.25. The van der Waals surface area contributed by atoms with Crippen LogP contribution < -0.4 is 5.32 Å². The van der Waals surface area contributed by atoms with Crippen molar-refractivity contribution in [3.8, 4) is 0 Å². The topological polar surface area (TPSA) is 86.6 Å². The molecule has 0 aromatic heterocycles. The predicted molar refractivity (Wildman–Crippen MR) is 116 cm³/mol. The quantitative estimate of drug-likeness (QED) is 0.410. The second kappa shape index (κ2) is 12.9. The maximum atomic E-state index is 12.2. The Kier molecular flexibility index (Phi) is 10.2. The first-order chi connectivity index (χ1) is 14.1. The number of carboxylic acid groups (broad SMARTS) is 1. The van der Waals surface area contributed by atoms with E-state index < -0.39 is 12.0 Å². The molecule has 0 saturated carbocycles. The number of aliphatic hydroxyl groups excluding tert-OH is 1. The zero-order valence-corrected chi connectivity index (χ0v) is 17.1. The lowest BCUT2D eigenvalue weighted by Crippen LogP contribution is -2.42. The van der Waals surface area contributed by atoms with Gasteiger partial charge in [-0.25, -0.2) is 4.79 Å². The highest BCUT2D eigenvalue weighted by Gasteiger charge is 2.21. The van der Waals surface area contributed by atoms with E-state index in [4.69, 9.17) is 5.11 Å². The Balaban J connectivity index is 1.74. The highest BCUT2D eigenvalue weighted by molar-refractivity contribution is 5.88. The van der Waals surface area contributed by atoms with E-state index >= 15 is 0 Å². The first-order valence-corrected chi connectivity index (χ1v) is 10.7. The first kappa shape index (κ1) is 22.9. The molecule has 0 fully saturated rings. The lowest BCUT2D eigenvalue weighted by atomic mass is 9.98. The Bertz CT molecular complexity index is 769. The molecular formula is C24H33NO4. The standard InChI is InChI=1S/C24H33NO4/c26-17-10-6-4-2-1-3-5-7-16-23(27)25-22(24(28)29)18-20-14-11-13-19-12-8-9-15-21(19)20/h8-9,11-15,22,26H,1-7,10,16-18H2,(H,25,27)(H,28,29). The fraction of sp³-hybridized carbons (Fsp3) is 0.500. The van der Waals surface area contributed by atoms with Gasteiger partial charge in [-0.3, -0.25) is 4.79 Å². The minimum Gasteiger partial charge on any atom is -0.480 e. The molecule has 1 atom stereocenters. The maximum Gasteiger partial charge on any atom is 0.326 e. The normalized spacial score (nSPS) is 12.0. The molecule has 5 nitrogen and oxygen atoms in total. The molecular weight excluding hydrogens is 366 g/mol. The van der Waals surface area contributed by atoms with Gasteiger partial charge in [0.25, 0.3) is 0 Å². The molecule has 29 heavy (non-hydrogen) atoms. The van der Waals surface area contributed by atoms with E-state index in [1.54, 1.807) is 0 Å². The van der Waals surface area contributed by atoms with Gasteiger partial charge < -0.3 is 15.5 Å². The van der Waals surface area contributed by atoms with Crippen LogP contribution in [0.25, 0.3) is 10.8 Å².